The number of amides is 1. The lowest BCUT2D eigenvalue weighted by Crippen LogP contribution is -2.25. The van der Waals surface area contributed by atoms with Crippen LogP contribution in [0.2, 0.25) is 0 Å². The van der Waals surface area contributed by atoms with Gasteiger partial charge in [-0.05, 0) is 29.8 Å². The van der Waals surface area contributed by atoms with Crippen molar-refractivity contribution in [1.82, 2.24) is 0 Å². The summed E-state index contributed by atoms with van der Waals surface area (Å²) in [4.78, 5) is 11.4. The van der Waals surface area contributed by atoms with Crippen LogP contribution in [-0.4, -0.2) is 12.5 Å². The predicted molar refractivity (Wildman–Crippen MR) is 71.3 cm³/mol. The fourth-order valence-corrected chi connectivity index (χ4v) is 1.98. The molecule has 21 heavy (non-hydrogen) atoms. The van der Waals surface area contributed by atoms with E-state index < -0.39 is 11.6 Å². The van der Waals surface area contributed by atoms with Gasteiger partial charge in [0.2, 0.25) is 0 Å². The van der Waals surface area contributed by atoms with Crippen molar-refractivity contribution in [2.75, 3.05) is 11.9 Å². The van der Waals surface area contributed by atoms with Crippen LogP contribution >= 0.6 is 0 Å². The molecule has 1 aliphatic heterocycles. The number of nitrogens with one attached hydrogen (secondary N) is 1. The molecule has 2 aromatic rings. The van der Waals surface area contributed by atoms with E-state index >= 15 is 0 Å². The van der Waals surface area contributed by atoms with Crippen LogP contribution in [0.25, 0.3) is 0 Å². The van der Waals surface area contributed by atoms with Gasteiger partial charge >= 0.3 is 0 Å². The molecule has 1 heterocycles. The lowest BCUT2D eigenvalue weighted by Gasteiger charge is -2.20. The quantitative estimate of drug-likeness (QED) is 0.946. The number of ether oxygens (including phenoxy) is 2. The van der Waals surface area contributed by atoms with Gasteiger partial charge in [0.05, 0.1) is 0 Å². The van der Waals surface area contributed by atoms with Crippen LogP contribution in [0.3, 0.4) is 0 Å². The third-order valence-electron chi connectivity index (χ3n) is 2.99. The van der Waals surface area contributed by atoms with E-state index in [2.05, 4.69) is 5.32 Å². The van der Waals surface area contributed by atoms with E-state index in [4.69, 9.17) is 9.47 Å². The summed E-state index contributed by atoms with van der Waals surface area (Å²) in [6.45, 7) is 0.00313. The molecule has 0 atom stereocenters. The van der Waals surface area contributed by atoms with Crippen LogP contribution < -0.4 is 14.8 Å². The third-order valence-corrected chi connectivity index (χ3v) is 2.99. The van der Waals surface area contributed by atoms with E-state index in [9.17, 15) is 13.6 Å². The Morgan fingerprint density at radius 2 is 2.05 bits per heavy atom. The average molecular weight is 291 g/mol. The van der Waals surface area contributed by atoms with Gasteiger partial charge in [0.25, 0.3) is 5.91 Å². The van der Waals surface area contributed by atoms with Crippen LogP contribution in [0, 0.1) is 11.6 Å². The lowest BCUT2D eigenvalue weighted by atomic mass is 10.2. The van der Waals surface area contributed by atoms with Crippen molar-refractivity contribution in [1.29, 1.82) is 0 Å². The topological polar surface area (TPSA) is 47.6 Å². The second-order valence-corrected chi connectivity index (χ2v) is 4.50. The minimum atomic E-state index is -0.928. The highest BCUT2D eigenvalue weighted by atomic mass is 19.2. The molecule has 0 spiro atoms. The van der Waals surface area contributed by atoms with Gasteiger partial charge in [-0.15, -0.1) is 0 Å². The van der Waals surface area contributed by atoms with Gasteiger partial charge in [-0.25, -0.2) is 8.78 Å². The Hall–Kier alpha value is -2.63. The Kier molecular flexibility index (Phi) is 3.43. The molecule has 0 aromatic heterocycles. The van der Waals surface area contributed by atoms with Crippen LogP contribution in [0.1, 0.15) is 5.56 Å². The molecule has 0 fully saturated rings. The molecule has 0 aliphatic carbocycles. The van der Waals surface area contributed by atoms with Crippen LogP contribution in [0.15, 0.2) is 36.4 Å². The first-order chi connectivity index (χ1) is 10.1. The fourth-order valence-electron chi connectivity index (χ4n) is 1.98. The Balaban J connectivity index is 1.79. The molecule has 0 unspecified atom stereocenters. The molecule has 6 heteroatoms. The van der Waals surface area contributed by atoms with E-state index in [1.54, 1.807) is 18.2 Å². The maximum absolute atomic E-state index is 13.1. The number of rotatable bonds is 3. The number of fused-ring (bicyclic) bond motifs is 1. The summed E-state index contributed by atoms with van der Waals surface area (Å²) in [5.41, 5.74) is 0.922. The smallest absolute Gasteiger partial charge is 0.262 e. The summed E-state index contributed by atoms with van der Waals surface area (Å²) < 4.78 is 36.8. The first kappa shape index (κ1) is 13.4. The van der Waals surface area contributed by atoms with E-state index in [0.29, 0.717) is 22.7 Å². The molecule has 108 valence electrons. The number of anilines is 1. The maximum Gasteiger partial charge on any atom is 0.262 e. The number of para-hydroxylation sites is 1. The molecule has 0 radical (unpaired) electrons. The molecule has 4 nitrogen and oxygen atoms in total. The largest absolute Gasteiger partial charge is 0.487 e. The Morgan fingerprint density at radius 1 is 1.19 bits per heavy atom. The Labute approximate surface area is 119 Å². The summed E-state index contributed by atoms with van der Waals surface area (Å²) in [6.07, 6.45) is 0. The normalized spacial score (nSPS) is 13.1. The van der Waals surface area contributed by atoms with Crippen molar-refractivity contribution >= 4 is 11.6 Å². The Bertz CT molecular complexity index is 703. The highest BCUT2D eigenvalue weighted by Crippen LogP contribution is 2.36. The van der Waals surface area contributed by atoms with Crippen LogP contribution in [0.5, 0.6) is 11.5 Å². The summed E-state index contributed by atoms with van der Waals surface area (Å²) in [5, 5.41) is 2.66. The predicted octanol–water partition coefficient (Wildman–Crippen LogP) is 2.87. The zero-order chi connectivity index (χ0) is 14.8. The van der Waals surface area contributed by atoms with Crippen LogP contribution in [-0.2, 0) is 11.4 Å². The number of hydrogen-bond donors (Lipinski definition) is 1. The minimum Gasteiger partial charge on any atom is -0.487 e. The standard InChI is InChI=1S/C15H11F2NO3/c16-10-5-4-9(6-11(10)17)7-20-12-2-1-3-13-15(12)18-14(19)8-21-13/h1-6H,7-8H2,(H,18,19). The molecule has 1 N–H and O–H groups in total. The molecule has 3 rings (SSSR count). The zero-order valence-electron chi connectivity index (χ0n) is 10.9. The van der Waals surface area contributed by atoms with E-state index in [0.717, 1.165) is 12.1 Å². The highest BCUT2D eigenvalue weighted by Gasteiger charge is 2.19. The van der Waals surface area contributed by atoms with Crippen molar-refractivity contribution in [2.24, 2.45) is 0 Å². The van der Waals surface area contributed by atoms with E-state index in [-0.39, 0.29) is 19.1 Å². The number of carbonyl (C=O) groups is 1. The summed E-state index contributed by atoms with van der Waals surface area (Å²) in [7, 11) is 0. The molecular weight excluding hydrogens is 280 g/mol. The number of hydrogen-bond acceptors (Lipinski definition) is 3. The number of carbonyl (C=O) groups excluding carboxylic acids is 1. The van der Waals surface area contributed by atoms with Gasteiger partial charge in [0.15, 0.2) is 18.2 Å². The van der Waals surface area contributed by atoms with Gasteiger partial charge in [-0.3, -0.25) is 4.79 Å². The van der Waals surface area contributed by atoms with Gasteiger partial charge in [-0.2, -0.15) is 0 Å². The van der Waals surface area contributed by atoms with Crippen molar-refractivity contribution < 1.29 is 23.0 Å². The summed E-state index contributed by atoms with van der Waals surface area (Å²) >= 11 is 0. The van der Waals surface area contributed by atoms with Gasteiger partial charge in [0.1, 0.15) is 23.8 Å². The van der Waals surface area contributed by atoms with Gasteiger partial charge in [-0.1, -0.05) is 12.1 Å². The number of benzene rings is 2. The fraction of sp³-hybridized carbons (Fsp3) is 0.133. The van der Waals surface area contributed by atoms with E-state index in [1.807, 2.05) is 0 Å². The minimum absolute atomic E-state index is 0.0420. The zero-order valence-corrected chi connectivity index (χ0v) is 10.9. The number of halogens is 2. The second-order valence-electron chi connectivity index (χ2n) is 4.50. The lowest BCUT2D eigenvalue weighted by molar-refractivity contribution is -0.118. The van der Waals surface area contributed by atoms with Crippen molar-refractivity contribution in [3.05, 3.63) is 53.6 Å². The maximum atomic E-state index is 13.1. The molecule has 1 amide bonds. The average Bonchev–Trinajstić information content (AvgIpc) is 2.48. The molecule has 0 saturated heterocycles. The van der Waals surface area contributed by atoms with Gasteiger partial charge < -0.3 is 14.8 Å². The SMILES string of the molecule is O=C1COc2cccc(OCc3ccc(F)c(F)c3)c2N1. The molecule has 0 saturated carbocycles. The summed E-state index contributed by atoms with van der Waals surface area (Å²) in [5.74, 6) is -1.19. The van der Waals surface area contributed by atoms with Crippen molar-refractivity contribution in [3.8, 4) is 11.5 Å². The van der Waals surface area contributed by atoms with Crippen molar-refractivity contribution in [3.63, 3.8) is 0 Å². The van der Waals surface area contributed by atoms with Crippen molar-refractivity contribution in [2.45, 2.75) is 6.61 Å². The van der Waals surface area contributed by atoms with Crippen LogP contribution in [0.4, 0.5) is 14.5 Å². The second kappa shape index (κ2) is 5.40. The molecule has 2 aromatic carbocycles. The monoisotopic (exact) mass is 291 g/mol. The Morgan fingerprint density at radius 3 is 2.86 bits per heavy atom. The van der Waals surface area contributed by atoms with E-state index in [1.165, 1.54) is 6.07 Å². The highest BCUT2D eigenvalue weighted by molar-refractivity contribution is 5.97. The molecule has 1 aliphatic rings. The first-order valence-corrected chi connectivity index (χ1v) is 6.26. The molecular formula is C15H11F2NO3. The summed E-state index contributed by atoms with van der Waals surface area (Å²) in [6, 6.07) is 8.63. The first-order valence-electron chi connectivity index (χ1n) is 6.26. The molecule has 0 bridgehead atoms. The van der Waals surface area contributed by atoms with Gasteiger partial charge in [0, 0.05) is 0 Å². The third kappa shape index (κ3) is 2.79.